The van der Waals surface area contributed by atoms with Crippen molar-refractivity contribution in [3.05, 3.63) is 15.6 Å². The Balaban J connectivity index is 2.01. The van der Waals surface area contributed by atoms with Crippen LogP contribution in [0.5, 0.6) is 0 Å². The predicted molar refractivity (Wildman–Crippen MR) is 59.8 cm³/mol. The van der Waals surface area contributed by atoms with Gasteiger partial charge in [-0.1, -0.05) is 0 Å². The van der Waals surface area contributed by atoms with E-state index >= 15 is 0 Å². The summed E-state index contributed by atoms with van der Waals surface area (Å²) in [5, 5.41) is 4.68. The van der Waals surface area contributed by atoms with Crippen LogP contribution in [-0.4, -0.2) is 37.1 Å². The number of rotatable bonds is 3. The minimum atomic E-state index is 1.02. The maximum absolute atomic E-state index is 4.67. The fourth-order valence-electron chi connectivity index (χ4n) is 1.61. The zero-order chi connectivity index (χ0) is 9.97. The van der Waals surface area contributed by atoms with Crippen LogP contribution >= 0.6 is 11.3 Å². The zero-order valence-electron chi connectivity index (χ0n) is 8.84. The van der Waals surface area contributed by atoms with Gasteiger partial charge in [-0.25, -0.2) is 4.98 Å². The third kappa shape index (κ3) is 2.32. The summed E-state index contributed by atoms with van der Waals surface area (Å²) in [4.78, 5) is 8.33. The third-order valence-electron chi connectivity index (χ3n) is 2.42. The fourth-order valence-corrected chi connectivity index (χ4v) is 2.68. The molecule has 0 saturated heterocycles. The molecular formula is C10H17N3S. The normalized spacial score (nSPS) is 15.9. The number of nitrogens with one attached hydrogen (secondary N) is 1. The van der Waals surface area contributed by atoms with Gasteiger partial charge in [0.25, 0.3) is 0 Å². The van der Waals surface area contributed by atoms with E-state index in [-0.39, 0.29) is 0 Å². The highest BCUT2D eigenvalue weighted by Gasteiger charge is 2.14. The molecule has 1 aromatic heterocycles. The number of aromatic nitrogens is 1. The monoisotopic (exact) mass is 211 g/mol. The van der Waals surface area contributed by atoms with E-state index in [1.54, 1.807) is 0 Å². The Bertz CT molecular complexity index is 283. The summed E-state index contributed by atoms with van der Waals surface area (Å²) in [6.45, 7) is 3.21. The summed E-state index contributed by atoms with van der Waals surface area (Å²) in [6.07, 6.45) is 2.19. The average Bonchev–Trinajstić information content (AvgIpc) is 2.57. The zero-order valence-corrected chi connectivity index (χ0v) is 9.65. The van der Waals surface area contributed by atoms with Gasteiger partial charge in [0.2, 0.25) is 0 Å². The van der Waals surface area contributed by atoms with Gasteiger partial charge in [-0.3, -0.25) is 0 Å². The Morgan fingerprint density at radius 1 is 1.50 bits per heavy atom. The topological polar surface area (TPSA) is 28.2 Å². The molecule has 0 aliphatic carbocycles. The van der Waals surface area contributed by atoms with E-state index in [2.05, 4.69) is 29.3 Å². The summed E-state index contributed by atoms with van der Waals surface area (Å²) >= 11 is 1.88. The van der Waals surface area contributed by atoms with E-state index in [4.69, 9.17) is 0 Å². The highest BCUT2D eigenvalue weighted by atomic mass is 32.1. The predicted octanol–water partition coefficient (Wildman–Crippen LogP) is 0.893. The number of thiazole rings is 1. The lowest BCUT2D eigenvalue weighted by Gasteiger charge is -2.09. The molecule has 1 aromatic rings. The molecule has 78 valence electrons. The molecule has 0 amide bonds. The van der Waals surface area contributed by atoms with E-state index in [0.29, 0.717) is 0 Å². The van der Waals surface area contributed by atoms with Crippen molar-refractivity contribution in [1.29, 1.82) is 0 Å². The Morgan fingerprint density at radius 3 is 3.07 bits per heavy atom. The maximum Gasteiger partial charge on any atom is 0.0944 e. The minimum Gasteiger partial charge on any atom is -0.311 e. The van der Waals surface area contributed by atoms with Crippen LogP contribution in [0.25, 0.3) is 0 Å². The molecule has 0 spiro atoms. The van der Waals surface area contributed by atoms with Gasteiger partial charge < -0.3 is 10.2 Å². The third-order valence-corrected chi connectivity index (χ3v) is 3.58. The Kier molecular flexibility index (Phi) is 3.15. The van der Waals surface area contributed by atoms with Gasteiger partial charge >= 0.3 is 0 Å². The Hall–Kier alpha value is -0.450. The van der Waals surface area contributed by atoms with E-state index in [1.165, 1.54) is 15.6 Å². The van der Waals surface area contributed by atoms with E-state index in [9.17, 15) is 0 Å². The molecule has 0 radical (unpaired) electrons. The lowest BCUT2D eigenvalue weighted by molar-refractivity contribution is 0.413. The molecule has 1 aliphatic heterocycles. The molecule has 0 unspecified atom stereocenters. The number of nitrogens with zero attached hydrogens (tertiary/aromatic N) is 2. The van der Waals surface area contributed by atoms with Crippen molar-refractivity contribution >= 4 is 11.3 Å². The Morgan fingerprint density at radius 2 is 2.36 bits per heavy atom. The SMILES string of the molecule is CN(C)CCc1nc2c(s1)CNCC2. The highest BCUT2D eigenvalue weighted by molar-refractivity contribution is 7.11. The molecule has 14 heavy (non-hydrogen) atoms. The molecule has 0 aromatic carbocycles. The van der Waals surface area contributed by atoms with Gasteiger partial charge in [-0.05, 0) is 14.1 Å². The van der Waals surface area contributed by atoms with Crippen LogP contribution in [0.2, 0.25) is 0 Å². The number of fused-ring (bicyclic) bond motifs is 1. The summed E-state index contributed by atoms with van der Waals surface area (Å²) in [5.41, 5.74) is 1.34. The molecule has 2 heterocycles. The number of likely N-dealkylation sites (N-methyl/N-ethyl adjacent to an activating group) is 1. The van der Waals surface area contributed by atoms with Gasteiger partial charge in [0.15, 0.2) is 0 Å². The fraction of sp³-hybridized carbons (Fsp3) is 0.700. The molecule has 0 bridgehead atoms. The molecular weight excluding hydrogens is 194 g/mol. The largest absolute Gasteiger partial charge is 0.311 e. The van der Waals surface area contributed by atoms with Crippen molar-refractivity contribution in [2.45, 2.75) is 19.4 Å². The van der Waals surface area contributed by atoms with Crippen molar-refractivity contribution in [2.75, 3.05) is 27.2 Å². The number of hydrogen-bond acceptors (Lipinski definition) is 4. The molecule has 0 saturated carbocycles. The first-order chi connectivity index (χ1) is 6.75. The van der Waals surface area contributed by atoms with Crippen molar-refractivity contribution in [3.63, 3.8) is 0 Å². The van der Waals surface area contributed by atoms with Crippen LogP contribution in [0.15, 0.2) is 0 Å². The Labute approximate surface area is 89.1 Å². The standard InChI is InChI=1S/C10H17N3S/c1-13(2)6-4-10-12-8-3-5-11-7-9(8)14-10/h11H,3-7H2,1-2H3. The first-order valence-corrected chi connectivity index (χ1v) is 5.90. The van der Waals surface area contributed by atoms with Gasteiger partial charge in [-0.15, -0.1) is 11.3 Å². The van der Waals surface area contributed by atoms with E-state index < -0.39 is 0 Å². The first kappa shape index (κ1) is 10.1. The average molecular weight is 211 g/mol. The lowest BCUT2D eigenvalue weighted by Crippen LogP contribution is -2.22. The van der Waals surface area contributed by atoms with Gasteiger partial charge in [0.05, 0.1) is 10.7 Å². The first-order valence-electron chi connectivity index (χ1n) is 5.08. The minimum absolute atomic E-state index is 1.02. The quantitative estimate of drug-likeness (QED) is 0.805. The second kappa shape index (κ2) is 4.38. The molecule has 1 N–H and O–H groups in total. The van der Waals surface area contributed by atoms with Gasteiger partial charge in [-0.2, -0.15) is 0 Å². The van der Waals surface area contributed by atoms with Gasteiger partial charge in [0, 0.05) is 37.4 Å². The second-order valence-electron chi connectivity index (χ2n) is 3.96. The van der Waals surface area contributed by atoms with Crippen LogP contribution in [0.1, 0.15) is 15.6 Å². The summed E-state index contributed by atoms with van der Waals surface area (Å²) in [6, 6.07) is 0. The summed E-state index contributed by atoms with van der Waals surface area (Å²) < 4.78 is 0. The molecule has 4 heteroatoms. The van der Waals surface area contributed by atoms with E-state index in [1.807, 2.05) is 11.3 Å². The van der Waals surface area contributed by atoms with Crippen LogP contribution in [-0.2, 0) is 19.4 Å². The van der Waals surface area contributed by atoms with Gasteiger partial charge in [0.1, 0.15) is 0 Å². The summed E-state index contributed by atoms with van der Waals surface area (Å²) in [5.74, 6) is 0. The molecule has 0 fully saturated rings. The smallest absolute Gasteiger partial charge is 0.0944 e. The highest BCUT2D eigenvalue weighted by Crippen LogP contribution is 2.21. The van der Waals surface area contributed by atoms with Crippen molar-refractivity contribution in [2.24, 2.45) is 0 Å². The summed E-state index contributed by atoms with van der Waals surface area (Å²) in [7, 11) is 4.21. The van der Waals surface area contributed by atoms with Crippen LogP contribution < -0.4 is 5.32 Å². The van der Waals surface area contributed by atoms with E-state index in [0.717, 1.165) is 32.5 Å². The molecule has 0 atom stereocenters. The van der Waals surface area contributed by atoms with Crippen molar-refractivity contribution in [3.8, 4) is 0 Å². The van der Waals surface area contributed by atoms with Crippen LogP contribution in [0.3, 0.4) is 0 Å². The van der Waals surface area contributed by atoms with Crippen LogP contribution in [0.4, 0.5) is 0 Å². The van der Waals surface area contributed by atoms with Crippen molar-refractivity contribution in [1.82, 2.24) is 15.2 Å². The molecule has 2 rings (SSSR count). The van der Waals surface area contributed by atoms with Crippen LogP contribution in [0, 0.1) is 0 Å². The molecule has 3 nitrogen and oxygen atoms in total. The number of hydrogen-bond donors (Lipinski definition) is 1. The second-order valence-corrected chi connectivity index (χ2v) is 5.13. The van der Waals surface area contributed by atoms with Crippen molar-refractivity contribution < 1.29 is 0 Å². The maximum atomic E-state index is 4.67. The lowest BCUT2D eigenvalue weighted by atomic mass is 10.2. The molecule has 1 aliphatic rings.